The third-order valence-corrected chi connectivity index (χ3v) is 4.11. The lowest BCUT2D eigenvalue weighted by Gasteiger charge is -2.19. The van der Waals surface area contributed by atoms with Crippen molar-refractivity contribution in [2.45, 2.75) is 33.1 Å². The molecule has 6 heteroatoms. The van der Waals surface area contributed by atoms with Crippen LogP contribution in [-0.2, 0) is 4.79 Å². The molecule has 3 nitrogen and oxygen atoms in total. The van der Waals surface area contributed by atoms with Crippen molar-refractivity contribution in [3.05, 3.63) is 28.2 Å². The molecule has 1 unspecified atom stereocenters. The highest BCUT2D eigenvalue weighted by atomic mass is 79.9. The average molecular weight is 363 g/mol. The SMILES string of the molecule is CC(C)C(CCN)CCC(=O)Nc1cc(Br)c(F)cc1F. The van der Waals surface area contributed by atoms with Gasteiger partial charge < -0.3 is 11.1 Å². The second kappa shape index (κ2) is 8.44. The summed E-state index contributed by atoms with van der Waals surface area (Å²) >= 11 is 2.97. The Bertz CT molecular complexity index is 495. The fourth-order valence-corrected chi connectivity index (χ4v) is 2.52. The van der Waals surface area contributed by atoms with Gasteiger partial charge in [0, 0.05) is 12.5 Å². The van der Waals surface area contributed by atoms with Crippen LogP contribution in [0.25, 0.3) is 0 Å². The summed E-state index contributed by atoms with van der Waals surface area (Å²) in [5.41, 5.74) is 5.54. The Morgan fingerprint density at radius 2 is 1.95 bits per heavy atom. The molecule has 118 valence electrons. The molecular formula is C15H21BrF2N2O. The summed E-state index contributed by atoms with van der Waals surface area (Å²) in [6.07, 6.45) is 1.85. The van der Waals surface area contributed by atoms with Crippen molar-refractivity contribution in [3.8, 4) is 0 Å². The minimum atomic E-state index is -0.786. The summed E-state index contributed by atoms with van der Waals surface area (Å²) in [5.74, 6) is -0.960. The second-order valence-electron chi connectivity index (χ2n) is 5.41. The maximum absolute atomic E-state index is 13.5. The van der Waals surface area contributed by atoms with Crippen molar-refractivity contribution >= 4 is 27.5 Å². The minimum Gasteiger partial charge on any atom is -0.330 e. The molecule has 0 spiro atoms. The second-order valence-corrected chi connectivity index (χ2v) is 6.27. The third-order valence-electron chi connectivity index (χ3n) is 3.51. The van der Waals surface area contributed by atoms with Gasteiger partial charge in [-0.3, -0.25) is 4.79 Å². The van der Waals surface area contributed by atoms with Gasteiger partial charge in [0.2, 0.25) is 5.91 Å². The van der Waals surface area contributed by atoms with Gasteiger partial charge in [-0.25, -0.2) is 8.78 Å². The normalized spacial score (nSPS) is 12.5. The predicted octanol–water partition coefficient (Wildman–Crippen LogP) is 4.07. The molecule has 1 aromatic carbocycles. The fraction of sp³-hybridized carbons (Fsp3) is 0.533. The van der Waals surface area contributed by atoms with Gasteiger partial charge in [-0.2, -0.15) is 0 Å². The number of hydrogen-bond acceptors (Lipinski definition) is 2. The Labute approximate surface area is 132 Å². The fourth-order valence-electron chi connectivity index (χ4n) is 2.17. The minimum absolute atomic E-state index is 0.0202. The van der Waals surface area contributed by atoms with Gasteiger partial charge in [0.25, 0.3) is 0 Å². The molecule has 0 aromatic heterocycles. The van der Waals surface area contributed by atoms with E-state index in [4.69, 9.17) is 5.73 Å². The van der Waals surface area contributed by atoms with Crippen molar-refractivity contribution < 1.29 is 13.6 Å². The van der Waals surface area contributed by atoms with E-state index < -0.39 is 11.6 Å². The third kappa shape index (κ3) is 5.71. The van der Waals surface area contributed by atoms with Gasteiger partial charge in [-0.05, 0) is 53.2 Å². The number of hydrogen-bond donors (Lipinski definition) is 2. The van der Waals surface area contributed by atoms with Crippen LogP contribution in [0.15, 0.2) is 16.6 Å². The van der Waals surface area contributed by atoms with Crippen LogP contribution in [-0.4, -0.2) is 12.5 Å². The first kappa shape index (κ1) is 18.0. The zero-order valence-corrected chi connectivity index (χ0v) is 13.8. The zero-order valence-electron chi connectivity index (χ0n) is 12.3. The van der Waals surface area contributed by atoms with E-state index in [0.717, 1.165) is 12.5 Å². The Morgan fingerprint density at radius 3 is 2.52 bits per heavy atom. The van der Waals surface area contributed by atoms with Gasteiger partial charge in [0.1, 0.15) is 11.6 Å². The summed E-state index contributed by atoms with van der Waals surface area (Å²) < 4.78 is 26.8. The van der Waals surface area contributed by atoms with Crippen LogP contribution in [0.4, 0.5) is 14.5 Å². The molecule has 0 fully saturated rings. The molecule has 0 bridgehead atoms. The molecular weight excluding hydrogens is 342 g/mol. The number of nitrogens with one attached hydrogen (secondary N) is 1. The van der Waals surface area contributed by atoms with Crippen LogP contribution in [0.5, 0.6) is 0 Å². The van der Waals surface area contributed by atoms with Crippen LogP contribution in [0.3, 0.4) is 0 Å². The first-order valence-electron chi connectivity index (χ1n) is 6.99. The molecule has 1 aromatic rings. The summed E-state index contributed by atoms with van der Waals surface area (Å²) in [7, 11) is 0. The molecule has 21 heavy (non-hydrogen) atoms. The van der Waals surface area contributed by atoms with Crippen LogP contribution < -0.4 is 11.1 Å². The molecule has 0 heterocycles. The number of halogens is 3. The van der Waals surface area contributed by atoms with E-state index in [0.29, 0.717) is 24.8 Å². The van der Waals surface area contributed by atoms with Crippen molar-refractivity contribution in [3.63, 3.8) is 0 Å². The molecule has 1 atom stereocenters. The van der Waals surface area contributed by atoms with Crippen LogP contribution in [0.2, 0.25) is 0 Å². The number of amides is 1. The smallest absolute Gasteiger partial charge is 0.224 e. The molecule has 1 rings (SSSR count). The number of rotatable bonds is 7. The predicted molar refractivity (Wildman–Crippen MR) is 83.9 cm³/mol. The van der Waals surface area contributed by atoms with E-state index >= 15 is 0 Å². The number of anilines is 1. The molecule has 1 amide bonds. The largest absolute Gasteiger partial charge is 0.330 e. The quantitative estimate of drug-likeness (QED) is 0.718. The van der Waals surface area contributed by atoms with E-state index in [1.54, 1.807) is 0 Å². The standard InChI is InChI=1S/C15H21BrF2N2O/c1-9(2)10(5-6-19)3-4-15(21)20-14-7-11(16)12(17)8-13(14)18/h7-10H,3-6,19H2,1-2H3,(H,20,21). The van der Waals surface area contributed by atoms with E-state index in [1.807, 2.05) is 0 Å². The van der Waals surface area contributed by atoms with Gasteiger partial charge in [-0.15, -0.1) is 0 Å². The summed E-state index contributed by atoms with van der Waals surface area (Å²) in [6.45, 7) is 4.77. The van der Waals surface area contributed by atoms with Crippen LogP contribution in [0, 0.1) is 23.5 Å². The van der Waals surface area contributed by atoms with Gasteiger partial charge >= 0.3 is 0 Å². The van der Waals surface area contributed by atoms with E-state index in [1.165, 1.54) is 6.07 Å². The van der Waals surface area contributed by atoms with Crippen molar-refractivity contribution in [1.82, 2.24) is 0 Å². The zero-order chi connectivity index (χ0) is 16.0. The highest BCUT2D eigenvalue weighted by molar-refractivity contribution is 9.10. The lowest BCUT2D eigenvalue weighted by molar-refractivity contribution is -0.116. The molecule has 0 saturated carbocycles. The van der Waals surface area contributed by atoms with Crippen molar-refractivity contribution in [2.24, 2.45) is 17.6 Å². The van der Waals surface area contributed by atoms with E-state index in [2.05, 4.69) is 35.1 Å². The monoisotopic (exact) mass is 362 g/mol. The lowest BCUT2D eigenvalue weighted by Crippen LogP contribution is -2.19. The Morgan fingerprint density at radius 1 is 1.29 bits per heavy atom. The highest BCUT2D eigenvalue weighted by Gasteiger charge is 2.16. The number of carbonyl (C=O) groups is 1. The summed E-state index contributed by atoms with van der Waals surface area (Å²) in [4.78, 5) is 11.9. The van der Waals surface area contributed by atoms with E-state index in [9.17, 15) is 13.6 Å². The number of nitrogens with two attached hydrogens (primary N) is 1. The topological polar surface area (TPSA) is 55.1 Å². The number of carbonyl (C=O) groups excluding carboxylic acids is 1. The molecule has 3 N–H and O–H groups in total. The molecule has 0 aliphatic carbocycles. The van der Waals surface area contributed by atoms with Crippen molar-refractivity contribution in [2.75, 3.05) is 11.9 Å². The first-order chi connectivity index (χ1) is 9.85. The Hall–Kier alpha value is -1.01. The molecule has 0 aliphatic heterocycles. The molecule has 0 saturated heterocycles. The Balaban J connectivity index is 2.60. The average Bonchev–Trinajstić information content (AvgIpc) is 2.40. The van der Waals surface area contributed by atoms with Crippen molar-refractivity contribution in [1.29, 1.82) is 0 Å². The maximum Gasteiger partial charge on any atom is 0.224 e. The maximum atomic E-state index is 13.5. The lowest BCUT2D eigenvalue weighted by atomic mass is 9.88. The van der Waals surface area contributed by atoms with Crippen LogP contribution in [0.1, 0.15) is 33.1 Å². The van der Waals surface area contributed by atoms with E-state index in [-0.39, 0.29) is 22.5 Å². The Kier molecular flexibility index (Phi) is 7.25. The molecule has 0 radical (unpaired) electrons. The summed E-state index contributed by atoms with van der Waals surface area (Å²) in [5, 5.41) is 2.47. The first-order valence-corrected chi connectivity index (χ1v) is 7.79. The molecule has 0 aliphatic rings. The van der Waals surface area contributed by atoms with Crippen LogP contribution >= 0.6 is 15.9 Å². The van der Waals surface area contributed by atoms with Gasteiger partial charge in [0.05, 0.1) is 10.2 Å². The van der Waals surface area contributed by atoms with Gasteiger partial charge in [-0.1, -0.05) is 13.8 Å². The number of benzene rings is 1. The summed E-state index contributed by atoms with van der Waals surface area (Å²) in [6, 6.07) is 1.97. The highest BCUT2D eigenvalue weighted by Crippen LogP contribution is 2.25. The van der Waals surface area contributed by atoms with Gasteiger partial charge in [0.15, 0.2) is 0 Å².